The molecule has 0 unspecified atom stereocenters. The van der Waals surface area contributed by atoms with Crippen LogP contribution in [0.3, 0.4) is 0 Å². The van der Waals surface area contributed by atoms with Gasteiger partial charge in [-0.2, -0.15) is 0 Å². The van der Waals surface area contributed by atoms with Crippen molar-refractivity contribution in [2.45, 2.75) is 34.1 Å². The summed E-state index contributed by atoms with van der Waals surface area (Å²) in [5.41, 5.74) is 1.70. The SMILES string of the molecule is CC(=NCC(=O)c1ccc(C(=O)CC(C)C)s1)c1c(C)[nH]n(-c2ccc(Cl)c(Cl)c2)c1=O. The van der Waals surface area contributed by atoms with E-state index in [2.05, 4.69) is 10.1 Å². The van der Waals surface area contributed by atoms with Crippen LogP contribution in [0.25, 0.3) is 5.69 Å². The fraction of sp³-hybridized carbons (Fsp3) is 0.304. The second-order valence-electron chi connectivity index (χ2n) is 7.86. The third-order valence-corrected chi connectivity index (χ3v) is 6.71. The lowest BCUT2D eigenvalue weighted by Crippen LogP contribution is -2.20. The third-order valence-electron chi connectivity index (χ3n) is 4.80. The summed E-state index contributed by atoms with van der Waals surface area (Å²) in [6.45, 7) is 7.30. The molecule has 32 heavy (non-hydrogen) atoms. The number of aryl methyl sites for hydroxylation is 1. The van der Waals surface area contributed by atoms with E-state index in [4.69, 9.17) is 23.2 Å². The molecule has 3 rings (SSSR count). The van der Waals surface area contributed by atoms with Gasteiger partial charge in [0.2, 0.25) is 0 Å². The Morgan fingerprint density at radius 1 is 1.09 bits per heavy atom. The van der Waals surface area contributed by atoms with Crippen LogP contribution in [0.1, 0.15) is 57.8 Å². The topological polar surface area (TPSA) is 84.3 Å². The molecule has 0 bridgehead atoms. The minimum absolute atomic E-state index is 0.0366. The lowest BCUT2D eigenvalue weighted by molar-refractivity contribution is 0.0970. The zero-order valence-corrected chi connectivity index (χ0v) is 20.5. The number of hydrogen-bond acceptors (Lipinski definition) is 5. The molecule has 0 fully saturated rings. The zero-order valence-electron chi connectivity index (χ0n) is 18.2. The number of halogens is 2. The molecule has 0 spiro atoms. The summed E-state index contributed by atoms with van der Waals surface area (Å²) >= 11 is 13.2. The molecule has 0 radical (unpaired) electrons. The van der Waals surface area contributed by atoms with Crippen molar-refractivity contribution in [3.63, 3.8) is 0 Å². The molecule has 1 N–H and O–H groups in total. The molecule has 1 aromatic carbocycles. The molecule has 0 saturated heterocycles. The number of nitrogens with one attached hydrogen (secondary N) is 1. The maximum absolute atomic E-state index is 13.0. The molecule has 2 heterocycles. The maximum atomic E-state index is 13.0. The molecule has 0 aliphatic carbocycles. The van der Waals surface area contributed by atoms with Crippen LogP contribution in [0.2, 0.25) is 10.0 Å². The fourth-order valence-electron chi connectivity index (χ4n) is 3.23. The van der Waals surface area contributed by atoms with Gasteiger partial charge in [0.1, 0.15) is 6.54 Å². The van der Waals surface area contributed by atoms with Gasteiger partial charge in [-0.1, -0.05) is 37.0 Å². The Labute approximate surface area is 199 Å². The molecule has 168 valence electrons. The number of carbonyl (C=O) groups excluding carboxylic acids is 2. The lowest BCUT2D eigenvalue weighted by Gasteiger charge is -2.03. The number of aromatic amines is 1. The zero-order chi connectivity index (χ0) is 23.6. The van der Waals surface area contributed by atoms with E-state index in [-0.39, 0.29) is 29.6 Å². The van der Waals surface area contributed by atoms with Gasteiger partial charge in [-0.15, -0.1) is 11.3 Å². The van der Waals surface area contributed by atoms with E-state index < -0.39 is 0 Å². The molecule has 0 aliphatic rings. The van der Waals surface area contributed by atoms with Crippen LogP contribution in [-0.4, -0.2) is 33.6 Å². The first-order valence-corrected chi connectivity index (χ1v) is 11.6. The van der Waals surface area contributed by atoms with Crippen LogP contribution in [0, 0.1) is 12.8 Å². The lowest BCUT2D eigenvalue weighted by atomic mass is 10.1. The predicted octanol–water partition coefficient (Wildman–Crippen LogP) is 5.76. The van der Waals surface area contributed by atoms with Crippen molar-refractivity contribution in [3.8, 4) is 5.69 Å². The van der Waals surface area contributed by atoms with Gasteiger partial charge >= 0.3 is 0 Å². The van der Waals surface area contributed by atoms with Gasteiger partial charge in [0.15, 0.2) is 11.6 Å². The molecular weight excluding hydrogens is 469 g/mol. The van der Waals surface area contributed by atoms with Crippen molar-refractivity contribution in [1.82, 2.24) is 9.78 Å². The normalized spacial score (nSPS) is 11.9. The Hall–Kier alpha value is -2.48. The summed E-state index contributed by atoms with van der Waals surface area (Å²) in [5, 5.41) is 3.74. The Bertz CT molecular complexity index is 1270. The summed E-state index contributed by atoms with van der Waals surface area (Å²) in [6, 6.07) is 8.23. The quantitative estimate of drug-likeness (QED) is 0.320. The average Bonchev–Trinajstić information content (AvgIpc) is 3.33. The number of thiophene rings is 1. The predicted molar refractivity (Wildman–Crippen MR) is 131 cm³/mol. The summed E-state index contributed by atoms with van der Waals surface area (Å²) in [7, 11) is 0. The minimum atomic E-state index is -0.299. The molecule has 0 amide bonds. The first kappa shape index (κ1) is 24.2. The van der Waals surface area contributed by atoms with Gasteiger partial charge in [-0.3, -0.25) is 24.5 Å². The molecule has 0 atom stereocenters. The average molecular weight is 492 g/mol. The van der Waals surface area contributed by atoms with E-state index in [1.165, 1.54) is 16.0 Å². The number of rotatable bonds is 8. The number of carbonyl (C=O) groups is 2. The number of H-pyrrole nitrogens is 1. The van der Waals surface area contributed by atoms with E-state index in [1.807, 2.05) is 13.8 Å². The van der Waals surface area contributed by atoms with Crippen LogP contribution >= 0.6 is 34.5 Å². The second kappa shape index (κ2) is 9.98. The Kier molecular flexibility index (Phi) is 7.54. The highest BCUT2D eigenvalue weighted by Gasteiger charge is 2.18. The van der Waals surface area contributed by atoms with Crippen molar-refractivity contribution >= 4 is 51.8 Å². The highest BCUT2D eigenvalue weighted by atomic mass is 35.5. The largest absolute Gasteiger partial charge is 0.295 e. The highest BCUT2D eigenvalue weighted by Crippen LogP contribution is 2.24. The summed E-state index contributed by atoms with van der Waals surface area (Å²) in [4.78, 5) is 43.1. The van der Waals surface area contributed by atoms with Crippen LogP contribution in [-0.2, 0) is 0 Å². The molecule has 0 saturated carbocycles. The van der Waals surface area contributed by atoms with Crippen LogP contribution in [0.15, 0.2) is 40.1 Å². The molecule has 3 aromatic rings. The highest BCUT2D eigenvalue weighted by molar-refractivity contribution is 7.16. The number of benzene rings is 1. The number of aliphatic imine (C=N–C) groups is 1. The van der Waals surface area contributed by atoms with E-state index in [9.17, 15) is 14.4 Å². The van der Waals surface area contributed by atoms with E-state index in [0.29, 0.717) is 48.9 Å². The summed E-state index contributed by atoms with van der Waals surface area (Å²) < 4.78 is 1.36. The number of ketones is 2. The van der Waals surface area contributed by atoms with Crippen LogP contribution < -0.4 is 5.56 Å². The fourth-order valence-corrected chi connectivity index (χ4v) is 4.41. The van der Waals surface area contributed by atoms with Gasteiger partial charge < -0.3 is 0 Å². The van der Waals surface area contributed by atoms with E-state index in [1.54, 1.807) is 44.2 Å². The Balaban J connectivity index is 1.79. The molecule has 9 heteroatoms. The van der Waals surface area contributed by atoms with Crippen molar-refractivity contribution in [2.24, 2.45) is 10.9 Å². The minimum Gasteiger partial charge on any atom is -0.295 e. The third kappa shape index (κ3) is 5.28. The van der Waals surface area contributed by atoms with Gasteiger partial charge in [-0.25, -0.2) is 4.68 Å². The summed E-state index contributed by atoms with van der Waals surface area (Å²) in [6.07, 6.45) is 0.448. The molecule has 2 aromatic heterocycles. The summed E-state index contributed by atoms with van der Waals surface area (Å²) in [5.74, 6) is 0.0963. The molecule has 6 nitrogen and oxygen atoms in total. The number of nitrogens with zero attached hydrogens (tertiary/aromatic N) is 2. The number of Topliss-reactive ketones (excluding diaryl/α,β-unsaturated/α-hetero) is 2. The first-order valence-electron chi connectivity index (χ1n) is 10.0. The van der Waals surface area contributed by atoms with Crippen molar-refractivity contribution in [1.29, 1.82) is 0 Å². The van der Waals surface area contributed by atoms with E-state index in [0.717, 1.165) is 0 Å². The number of hydrogen-bond donors (Lipinski definition) is 1. The standard InChI is InChI=1S/C23H23Cl2N3O3S/c1-12(2)9-18(29)20-7-8-21(32-20)19(30)11-26-13(3)22-14(4)27-28(23(22)31)15-5-6-16(24)17(25)10-15/h5-8,10,12,27H,9,11H2,1-4H3. The maximum Gasteiger partial charge on any atom is 0.280 e. The van der Waals surface area contributed by atoms with Gasteiger partial charge in [-0.05, 0) is 50.1 Å². The van der Waals surface area contributed by atoms with Crippen LogP contribution in [0.5, 0.6) is 0 Å². The second-order valence-corrected chi connectivity index (χ2v) is 9.76. The van der Waals surface area contributed by atoms with Gasteiger partial charge in [0, 0.05) is 17.8 Å². The number of aromatic nitrogens is 2. The smallest absolute Gasteiger partial charge is 0.280 e. The van der Waals surface area contributed by atoms with Gasteiger partial charge in [0.25, 0.3) is 5.56 Å². The molecule has 0 aliphatic heterocycles. The first-order chi connectivity index (χ1) is 15.1. The van der Waals surface area contributed by atoms with Crippen molar-refractivity contribution in [2.75, 3.05) is 6.54 Å². The van der Waals surface area contributed by atoms with Crippen LogP contribution in [0.4, 0.5) is 0 Å². The van der Waals surface area contributed by atoms with Gasteiger partial charge in [0.05, 0.1) is 31.1 Å². The van der Waals surface area contributed by atoms with Crippen molar-refractivity contribution < 1.29 is 9.59 Å². The molecular formula is C23H23Cl2N3O3S. The Morgan fingerprint density at radius 3 is 2.38 bits per heavy atom. The Morgan fingerprint density at radius 2 is 1.75 bits per heavy atom. The van der Waals surface area contributed by atoms with Crippen molar-refractivity contribution in [3.05, 3.63) is 71.7 Å². The monoisotopic (exact) mass is 491 g/mol. The van der Waals surface area contributed by atoms with E-state index >= 15 is 0 Å².